The zero-order valence-electron chi connectivity index (χ0n) is 12.9. The fraction of sp³-hybridized carbons (Fsp3) is 0.692. The Morgan fingerprint density at radius 2 is 2.27 bits per heavy atom. The van der Waals surface area contributed by atoms with Crippen LogP contribution < -0.4 is 10.0 Å². The largest absolute Gasteiger partial charge is 0.334 e. The van der Waals surface area contributed by atoms with E-state index in [0.29, 0.717) is 19.6 Å². The van der Waals surface area contributed by atoms with Crippen LogP contribution in [0.4, 0.5) is 4.79 Å². The molecule has 1 fully saturated rings. The molecule has 0 spiro atoms. The van der Waals surface area contributed by atoms with E-state index in [9.17, 15) is 13.2 Å². The quantitative estimate of drug-likeness (QED) is 0.794. The Morgan fingerprint density at radius 3 is 2.91 bits per heavy atom. The predicted molar refractivity (Wildman–Crippen MR) is 82.8 cm³/mol. The van der Waals surface area contributed by atoms with E-state index >= 15 is 0 Å². The number of rotatable bonds is 5. The molecule has 1 aromatic heterocycles. The molecule has 124 valence electrons. The third-order valence-electron chi connectivity index (χ3n) is 3.48. The van der Waals surface area contributed by atoms with E-state index in [1.807, 2.05) is 19.2 Å². The third-order valence-corrected chi connectivity index (χ3v) is 4.24. The van der Waals surface area contributed by atoms with Crippen molar-refractivity contribution in [1.82, 2.24) is 24.7 Å². The number of piperidine rings is 1. The SMILES string of the molecule is C[C@@H](Cn1cccn1)NC(=O)N1CCC[C@H](NS(C)(=O)=O)C1. The minimum Gasteiger partial charge on any atom is -0.334 e. The normalized spacial score (nSPS) is 20.6. The summed E-state index contributed by atoms with van der Waals surface area (Å²) in [5.41, 5.74) is 0. The van der Waals surface area contributed by atoms with Gasteiger partial charge < -0.3 is 10.2 Å². The smallest absolute Gasteiger partial charge is 0.317 e. The highest BCUT2D eigenvalue weighted by atomic mass is 32.2. The summed E-state index contributed by atoms with van der Waals surface area (Å²) in [6.45, 7) is 3.54. The lowest BCUT2D eigenvalue weighted by molar-refractivity contribution is 0.173. The van der Waals surface area contributed by atoms with Gasteiger partial charge in [-0.05, 0) is 25.8 Å². The van der Waals surface area contributed by atoms with Crippen LogP contribution in [0.1, 0.15) is 19.8 Å². The van der Waals surface area contributed by atoms with Gasteiger partial charge in [0.25, 0.3) is 0 Å². The molecule has 0 radical (unpaired) electrons. The molecule has 0 saturated carbocycles. The average molecular weight is 329 g/mol. The van der Waals surface area contributed by atoms with E-state index in [2.05, 4.69) is 15.1 Å². The Hall–Kier alpha value is -1.61. The Morgan fingerprint density at radius 1 is 1.50 bits per heavy atom. The molecule has 2 heterocycles. The number of amides is 2. The van der Waals surface area contributed by atoms with Gasteiger partial charge in [0.1, 0.15) is 0 Å². The lowest BCUT2D eigenvalue weighted by Gasteiger charge is -2.33. The first kappa shape index (κ1) is 16.8. The minimum absolute atomic E-state index is 0.0596. The molecular formula is C13H23N5O3S. The fourth-order valence-electron chi connectivity index (χ4n) is 2.60. The molecule has 8 nitrogen and oxygen atoms in total. The summed E-state index contributed by atoms with van der Waals surface area (Å²) >= 11 is 0. The van der Waals surface area contributed by atoms with Crippen LogP contribution in [-0.4, -0.2) is 60.6 Å². The van der Waals surface area contributed by atoms with Crippen molar-refractivity contribution in [1.29, 1.82) is 0 Å². The van der Waals surface area contributed by atoms with E-state index in [-0.39, 0.29) is 18.1 Å². The second-order valence-corrected chi connectivity index (χ2v) is 7.53. The van der Waals surface area contributed by atoms with Gasteiger partial charge in [-0.3, -0.25) is 4.68 Å². The van der Waals surface area contributed by atoms with Crippen LogP contribution in [0.5, 0.6) is 0 Å². The molecule has 1 aliphatic rings. The molecule has 2 N–H and O–H groups in total. The van der Waals surface area contributed by atoms with Gasteiger partial charge in [0, 0.05) is 37.6 Å². The lowest BCUT2D eigenvalue weighted by atomic mass is 10.1. The third kappa shape index (κ3) is 5.30. The molecular weight excluding hydrogens is 306 g/mol. The van der Waals surface area contributed by atoms with Crippen molar-refractivity contribution in [2.24, 2.45) is 0 Å². The van der Waals surface area contributed by atoms with Gasteiger partial charge in [-0.15, -0.1) is 0 Å². The minimum atomic E-state index is -3.25. The maximum absolute atomic E-state index is 12.3. The highest BCUT2D eigenvalue weighted by Crippen LogP contribution is 2.11. The van der Waals surface area contributed by atoms with E-state index in [0.717, 1.165) is 19.1 Å². The average Bonchev–Trinajstić information content (AvgIpc) is 2.89. The van der Waals surface area contributed by atoms with Crippen LogP contribution in [-0.2, 0) is 16.6 Å². The summed E-state index contributed by atoms with van der Waals surface area (Å²) in [5, 5.41) is 7.02. The molecule has 0 unspecified atom stereocenters. The van der Waals surface area contributed by atoms with Crippen LogP contribution >= 0.6 is 0 Å². The maximum atomic E-state index is 12.3. The van der Waals surface area contributed by atoms with E-state index in [1.165, 1.54) is 0 Å². The molecule has 2 atom stereocenters. The molecule has 1 aliphatic heterocycles. The molecule has 2 amide bonds. The Bertz CT molecular complexity index is 587. The summed E-state index contributed by atoms with van der Waals surface area (Å²) in [6.07, 6.45) is 6.21. The topological polar surface area (TPSA) is 96.3 Å². The Labute approximate surface area is 130 Å². The standard InChI is InChI=1S/C13H23N5O3S/c1-11(9-18-8-4-6-14-18)15-13(19)17-7-3-5-12(10-17)16-22(2,20)21/h4,6,8,11-12,16H,3,5,7,9-10H2,1-2H3,(H,15,19)/t11-,12-/m0/s1. The molecule has 0 aliphatic carbocycles. The molecule has 1 aromatic rings. The fourth-order valence-corrected chi connectivity index (χ4v) is 3.40. The van der Waals surface area contributed by atoms with Crippen molar-refractivity contribution in [3.63, 3.8) is 0 Å². The number of aromatic nitrogens is 2. The van der Waals surface area contributed by atoms with Crippen molar-refractivity contribution in [3.8, 4) is 0 Å². The number of sulfonamides is 1. The summed E-state index contributed by atoms with van der Waals surface area (Å²) < 4.78 is 26.9. The van der Waals surface area contributed by atoms with Gasteiger partial charge in [0.05, 0.1) is 12.8 Å². The number of carbonyl (C=O) groups excluding carboxylic acids is 1. The van der Waals surface area contributed by atoms with Crippen LogP contribution in [0.15, 0.2) is 18.5 Å². The monoisotopic (exact) mass is 329 g/mol. The number of hydrogen-bond acceptors (Lipinski definition) is 4. The molecule has 2 rings (SSSR count). The van der Waals surface area contributed by atoms with Crippen molar-refractivity contribution >= 4 is 16.1 Å². The second-order valence-electron chi connectivity index (χ2n) is 5.75. The van der Waals surface area contributed by atoms with Crippen molar-refractivity contribution in [2.75, 3.05) is 19.3 Å². The van der Waals surface area contributed by atoms with Crippen molar-refractivity contribution in [3.05, 3.63) is 18.5 Å². The second kappa shape index (κ2) is 7.10. The number of urea groups is 1. The highest BCUT2D eigenvalue weighted by molar-refractivity contribution is 7.88. The highest BCUT2D eigenvalue weighted by Gasteiger charge is 2.26. The number of likely N-dealkylation sites (tertiary alicyclic amines) is 1. The van der Waals surface area contributed by atoms with Crippen LogP contribution in [0, 0.1) is 0 Å². The van der Waals surface area contributed by atoms with E-state index in [1.54, 1.807) is 15.8 Å². The number of nitrogens with one attached hydrogen (secondary N) is 2. The van der Waals surface area contributed by atoms with Gasteiger partial charge in [0.15, 0.2) is 0 Å². The molecule has 0 bridgehead atoms. The van der Waals surface area contributed by atoms with Crippen molar-refractivity contribution in [2.45, 2.75) is 38.4 Å². The Balaban J connectivity index is 1.83. The Kier molecular flexibility index (Phi) is 5.41. The van der Waals surface area contributed by atoms with E-state index in [4.69, 9.17) is 0 Å². The van der Waals surface area contributed by atoms with Gasteiger partial charge in [-0.25, -0.2) is 17.9 Å². The first-order chi connectivity index (χ1) is 10.3. The predicted octanol–water partition coefficient (Wildman–Crippen LogP) is -0.00520. The molecule has 1 saturated heterocycles. The van der Waals surface area contributed by atoms with Gasteiger partial charge in [-0.1, -0.05) is 0 Å². The maximum Gasteiger partial charge on any atom is 0.317 e. The van der Waals surface area contributed by atoms with Gasteiger partial charge in [0.2, 0.25) is 10.0 Å². The molecule has 9 heteroatoms. The summed E-state index contributed by atoms with van der Waals surface area (Å²) in [7, 11) is -3.25. The van der Waals surface area contributed by atoms with Crippen LogP contribution in [0.2, 0.25) is 0 Å². The first-order valence-electron chi connectivity index (χ1n) is 7.33. The van der Waals surface area contributed by atoms with Gasteiger partial charge >= 0.3 is 6.03 Å². The summed E-state index contributed by atoms with van der Waals surface area (Å²) in [6, 6.07) is 1.40. The lowest BCUT2D eigenvalue weighted by Crippen LogP contribution is -2.53. The van der Waals surface area contributed by atoms with E-state index < -0.39 is 10.0 Å². The van der Waals surface area contributed by atoms with Crippen molar-refractivity contribution < 1.29 is 13.2 Å². The first-order valence-corrected chi connectivity index (χ1v) is 9.23. The molecule has 22 heavy (non-hydrogen) atoms. The zero-order valence-corrected chi connectivity index (χ0v) is 13.7. The zero-order chi connectivity index (χ0) is 16.2. The summed E-state index contributed by atoms with van der Waals surface area (Å²) in [5.74, 6) is 0. The molecule has 0 aromatic carbocycles. The van der Waals surface area contributed by atoms with Crippen LogP contribution in [0.3, 0.4) is 0 Å². The van der Waals surface area contributed by atoms with Crippen LogP contribution in [0.25, 0.3) is 0 Å². The number of hydrogen-bond donors (Lipinski definition) is 2. The van der Waals surface area contributed by atoms with Gasteiger partial charge in [-0.2, -0.15) is 5.10 Å². The summed E-state index contributed by atoms with van der Waals surface area (Å²) in [4.78, 5) is 13.9. The number of carbonyl (C=O) groups is 1. The number of nitrogens with zero attached hydrogens (tertiary/aromatic N) is 3.